The Bertz CT molecular complexity index is 1610. The molecular weight excluding hydrogens is 507 g/mol. The molecule has 0 N–H and O–H groups in total. The molecule has 4 nitrogen and oxygen atoms in total. The molecule has 36 heavy (non-hydrogen) atoms. The Balaban J connectivity index is 1.90. The Morgan fingerprint density at radius 2 is 1.22 bits per heavy atom. The van der Waals surface area contributed by atoms with E-state index in [1.54, 1.807) is 72.8 Å². The topological polar surface area (TPSA) is 48.3 Å². The first-order chi connectivity index (χ1) is 17.2. The van der Waals surface area contributed by atoms with E-state index in [0.717, 1.165) is 21.8 Å². The number of hydrogen-bond acceptors (Lipinski definition) is 3. The lowest BCUT2D eigenvalue weighted by Gasteiger charge is -2.39. The van der Waals surface area contributed by atoms with Gasteiger partial charge < -0.3 is 4.57 Å². The minimum absolute atomic E-state index is 0.336. The molecule has 5 rings (SSSR count). The van der Waals surface area contributed by atoms with Crippen LogP contribution in [0.5, 0.6) is 0 Å². The van der Waals surface area contributed by atoms with Crippen LogP contribution in [0.15, 0.2) is 118 Å². The smallest absolute Gasteiger partial charge is 0.341 e. The van der Waals surface area contributed by atoms with Crippen LogP contribution in [0.3, 0.4) is 0 Å². The van der Waals surface area contributed by atoms with Crippen molar-refractivity contribution in [2.24, 2.45) is 0 Å². The molecule has 1 aromatic heterocycles. The molecule has 1 heterocycles. The molecule has 0 atom stereocenters. The molecule has 0 aliphatic rings. The Morgan fingerprint density at radius 1 is 0.694 bits per heavy atom. The molecule has 0 fully saturated rings. The molecule has 0 saturated carbocycles. The van der Waals surface area contributed by atoms with E-state index in [2.05, 4.69) is 4.57 Å². The number of benzene rings is 4. The fourth-order valence-corrected chi connectivity index (χ4v) is 9.24. The first kappa shape index (κ1) is 24.4. The van der Waals surface area contributed by atoms with Crippen molar-refractivity contribution in [1.29, 1.82) is 0 Å². The number of aryl methyl sites for hydroxylation is 1. The third-order valence-electron chi connectivity index (χ3n) is 6.02. The Hall–Kier alpha value is -3.27. The monoisotopic (exact) mass is 529 g/mol. The molecule has 4 aromatic carbocycles. The lowest BCUT2D eigenvalue weighted by Crippen LogP contribution is -2.27. The summed E-state index contributed by atoms with van der Waals surface area (Å²) in [4.78, 5) is 1.02. The molecule has 0 radical (unpaired) electrons. The lowest BCUT2D eigenvalue weighted by atomic mass is 10.1. The van der Waals surface area contributed by atoms with Gasteiger partial charge in [0, 0.05) is 43.0 Å². The van der Waals surface area contributed by atoms with Gasteiger partial charge in [-0.05, 0) is 65.8 Å². The second kappa shape index (κ2) is 8.99. The summed E-state index contributed by atoms with van der Waals surface area (Å²) in [5, 5.41) is 1.73. The summed E-state index contributed by atoms with van der Waals surface area (Å²) in [7, 11) is -9.31. The van der Waals surface area contributed by atoms with Crippen molar-refractivity contribution in [3.63, 3.8) is 0 Å². The molecule has 0 aliphatic carbocycles. The fourth-order valence-electron chi connectivity index (χ4n) is 4.48. The van der Waals surface area contributed by atoms with E-state index in [0.29, 0.717) is 21.2 Å². The van der Waals surface area contributed by atoms with Gasteiger partial charge in [-0.25, -0.2) is 0 Å². The number of aromatic nitrogens is 1. The summed E-state index contributed by atoms with van der Waals surface area (Å²) in [6, 6.07) is 29.5. The maximum atomic E-state index is 13.7. The van der Waals surface area contributed by atoms with Gasteiger partial charge in [0.25, 0.3) is 0 Å². The Morgan fingerprint density at radius 3 is 1.78 bits per heavy atom. The van der Waals surface area contributed by atoms with E-state index in [-0.39, 0.29) is 0 Å². The summed E-state index contributed by atoms with van der Waals surface area (Å²) in [5.41, 5.74) is -3.71. The number of rotatable bonds is 6. The van der Waals surface area contributed by atoms with E-state index >= 15 is 0 Å². The second-order valence-electron chi connectivity index (χ2n) is 8.09. The normalized spacial score (nSPS) is 13.3. The van der Waals surface area contributed by atoms with Gasteiger partial charge in [0.15, 0.2) is 0 Å². The maximum absolute atomic E-state index is 13.7. The van der Waals surface area contributed by atoms with E-state index in [1.165, 1.54) is 0 Å². The molecule has 0 aliphatic heterocycles. The number of fused-ring (bicyclic) bond motifs is 3. The molecule has 0 saturated heterocycles. The molecule has 5 aromatic rings. The van der Waals surface area contributed by atoms with Crippen LogP contribution in [0.1, 0.15) is 6.92 Å². The number of para-hydroxylation sites is 1. The highest BCUT2D eigenvalue weighted by atomic mass is 32.3. The Kier molecular flexibility index (Phi) is 6.10. The third-order valence-corrected chi connectivity index (χ3v) is 10.9. The van der Waals surface area contributed by atoms with Crippen LogP contribution in [-0.2, 0) is 20.3 Å². The molecule has 0 amide bonds. The van der Waals surface area contributed by atoms with Crippen LogP contribution < -0.4 is 0 Å². The van der Waals surface area contributed by atoms with Crippen LogP contribution >= 0.6 is 10.3 Å². The number of alkyl halides is 3. The Labute approximate surface area is 208 Å². The average Bonchev–Trinajstić information content (AvgIpc) is 3.20. The van der Waals surface area contributed by atoms with Gasteiger partial charge in [-0.1, -0.05) is 54.6 Å². The highest BCUT2D eigenvalue weighted by Crippen LogP contribution is 2.70. The van der Waals surface area contributed by atoms with E-state index in [1.807, 2.05) is 37.3 Å². The fraction of sp³-hybridized carbons (Fsp3) is 0.111. The van der Waals surface area contributed by atoms with Gasteiger partial charge in [0.1, 0.15) is 0 Å². The van der Waals surface area contributed by atoms with Gasteiger partial charge >= 0.3 is 15.6 Å². The predicted octanol–water partition coefficient (Wildman–Crippen LogP) is 7.88. The van der Waals surface area contributed by atoms with Crippen molar-refractivity contribution in [3.8, 4) is 0 Å². The minimum atomic E-state index is -5.96. The second-order valence-corrected chi connectivity index (χ2v) is 12.5. The summed E-state index contributed by atoms with van der Waals surface area (Å²) in [6.45, 7) is 2.71. The van der Waals surface area contributed by atoms with Gasteiger partial charge in [0.2, 0.25) is 0 Å². The van der Waals surface area contributed by atoms with Crippen molar-refractivity contribution >= 4 is 42.2 Å². The van der Waals surface area contributed by atoms with Crippen molar-refractivity contribution < 1.29 is 25.2 Å². The SMILES string of the molecule is CCn1c2ccccc2c2cc(S(OS(=O)(=O)C(F)(F)F)(c3ccccc3)c3ccccc3)ccc21. The van der Waals surface area contributed by atoms with E-state index in [9.17, 15) is 21.6 Å². The van der Waals surface area contributed by atoms with E-state index in [4.69, 9.17) is 3.63 Å². The van der Waals surface area contributed by atoms with Gasteiger partial charge in [-0.2, -0.15) is 25.2 Å². The van der Waals surface area contributed by atoms with Gasteiger partial charge in [-0.15, -0.1) is 0 Å². The highest BCUT2D eigenvalue weighted by Gasteiger charge is 2.52. The van der Waals surface area contributed by atoms with Crippen LogP contribution in [0.2, 0.25) is 0 Å². The average molecular weight is 530 g/mol. The van der Waals surface area contributed by atoms with Crippen LogP contribution in [-0.4, -0.2) is 18.5 Å². The van der Waals surface area contributed by atoms with Crippen molar-refractivity contribution in [3.05, 3.63) is 103 Å². The summed E-state index contributed by atoms with van der Waals surface area (Å²) in [6.07, 6.45) is 0. The highest BCUT2D eigenvalue weighted by molar-refractivity contribution is 8.33. The lowest BCUT2D eigenvalue weighted by molar-refractivity contribution is -0.0496. The molecule has 9 heteroatoms. The van der Waals surface area contributed by atoms with Crippen molar-refractivity contribution in [1.82, 2.24) is 4.57 Å². The van der Waals surface area contributed by atoms with Crippen LogP contribution in [0.4, 0.5) is 13.2 Å². The largest absolute Gasteiger partial charge is 0.524 e. The van der Waals surface area contributed by atoms with Crippen LogP contribution in [0.25, 0.3) is 21.8 Å². The van der Waals surface area contributed by atoms with E-state index < -0.39 is 25.9 Å². The standard InChI is InChI=1S/C27H22F3NO3S2/c1-2-31-25-16-10-9-15-23(25)24-19-22(17-18-26(24)31)35(20-11-5-3-6-12-20,21-13-7-4-8-14-21)34-36(32,33)27(28,29)30/h3-19H,2H2,1H3. The summed E-state index contributed by atoms with van der Waals surface area (Å²) < 4.78 is 73.8. The summed E-state index contributed by atoms with van der Waals surface area (Å²) >= 11 is 0. The number of nitrogens with zero attached hydrogens (tertiary/aromatic N) is 1. The van der Waals surface area contributed by atoms with Crippen molar-refractivity contribution in [2.45, 2.75) is 33.7 Å². The number of hydrogen-bond donors (Lipinski definition) is 0. The third kappa shape index (κ3) is 3.87. The first-order valence-corrected chi connectivity index (χ1v) is 14.1. The predicted molar refractivity (Wildman–Crippen MR) is 136 cm³/mol. The zero-order chi connectivity index (χ0) is 25.6. The molecule has 186 valence electrons. The van der Waals surface area contributed by atoms with Crippen molar-refractivity contribution in [2.75, 3.05) is 0 Å². The minimum Gasteiger partial charge on any atom is -0.341 e. The number of halogens is 3. The molecule has 0 spiro atoms. The first-order valence-electron chi connectivity index (χ1n) is 11.2. The molecular formula is C27H22F3NO3S2. The quantitative estimate of drug-likeness (QED) is 0.210. The van der Waals surface area contributed by atoms with Gasteiger partial charge in [-0.3, -0.25) is 0 Å². The molecule has 0 bridgehead atoms. The zero-order valence-electron chi connectivity index (χ0n) is 19.1. The zero-order valence-corrected chi connectivity index (χ0v) is 20.8. The summed E-state index contributed by atoms with van der Waals surface area (Å²) in [5.74, 6) is 0. The molecule has 0 unspecified atom stereocenters. The van der Waals surface area contributed by atoms with Gasteiger partial charge in [0.05, 0.1) is 0 Å². The van der Waals surface area contributed by atoms with Crippen LogP contribution in [0, 0.1) is 0 Å². The maximum Gasteiger partial charge on any atom is 0.524 e.